The number of rotatable bonds is 6. The van der Waals surface area contributed by atoms with Crippen molar-refractivity contribution < 1.29 is 8.78 Å². The minimum Gasteiger partial charge on any atom is -0.383 e. The van der Waals surface area contributed by atoms with Crippen LogP contribution in [-0.4, -0.2) is 50.8 Å². The summed E-state index contributed by atoms with van der Waals surface area (Å²) in [5.74, 6) is -1.53. The molecule has 34 heavy (non-hydrogen) atoms. The summed E-state index contributed by atoms with van der Waals surface area (Å²) < 4.78 is 30.3. The molecule has 1 fully saturated rings. The number of likely N-dealkylation sites (tertiary alicyclic amines) is 1. The molecule has 10 heteroatoms. The van der Waals surface area contributed by atoms with E-state index in [-0.39, 0.29) is 28.7 Å². The van der Waals surface area contributed by atoms with Gasteiger partial charge in [0.05, 0.1) is 21.8 Å². The van der Waals surface area contributed by atoms with Crippen molar-refractivity contribution in [2.75, 3.05) is 37.2 Å². The highest BCUT2D eigenvalue weighted by Gasteiger charge is 2.23. The Morgan fingerprint density at radius 2 is 1.79 bits per heavy atom. The second kappa shape index (κ2) is 9.52. The largest absolute Gasteiger partial charge is 0.383 e. The Hall–Kier alpha value is -3.30. The first-order chi connectivity index (χ1) is 16.5. The van der Waals surface area contributed by atoms with Crippen LogP contribution in [0.1, 0.15) is 19.3 Å². The maximum absolute atomic E-state index is 14.8. The molecule has 176 valence electrons. The smallest absolute Gasteiger partial charge is 0.225 e. The fourth-order valence-electron chi connectivity index (χ4n) is 4.29. The summed E-state index contributed by atoms with van der Waals surface area (Å²) in [6, 6.07) is 11.0. The Balaban J connectivity index is 1.59. The summed E-state index contributed by atoms with van der Waals surface area (Å²) in [6.45, 7) is 3.58. The maximum Gasteiger partial charge on any atom is 0.225 e. The summed E-state index contributed by atoms with van der Waals surface area (Å²) in [5.41, 5.74) is 7.38. The molecule has 0 aliphatic carbocycles. The lowest BCUT2D eigenvalue weighted by atomic mass is 10.1. The van der Waals surface area contributed by atoms with Gasteiger partial charge in [-0.25, -0.2) is 18.4 Å². The van der Waals surface area contributed by atoms with Crippen LogP contribution in [0.25, 0.3) is 28.0 Å². The average molecular weight is 484 g/mol. The lowest BCUT2D eigenvalue weighted by molar-refractivity contribution is 0.237. The molecule has 2 aromatic carbocycles. The van der Waals surface area contributed by atoms with Crippen molar-refractivity contribution in [1.82, 2.24) is 24.6 Å². The van der Waals surface area contributed by atoms with Gasteiger partial charge in [-0.15, -0.1) is 5.10 Å². The zero-order valence-corrected chi connectivity index (χ0v) is 19.2. The van der Waals surface area contributed by atoms with Crippen LogP contribution in [0.2, 0.25) is 5.02 Å². The molecule has 0 unspecified atom stereocenters. The van der Waals surface area contributed by atoms with Crippen molar-refractivity contribution >= 4 is 34.4 Å². The van der Waals surface area contributed by atoms with Gasteiger partial charge in [0.25, 0.3) is 0 Å². The first-order valence-corrected chi connectivity index (χ1v) is 11.6. The number of aromatic nitrogens is 4. The Morgan fingerprint density at radius 3 is 2.59 bits per heavy atom. The minimum atomic E-state index is -1.01. The van der Waals surface area contributed by atoms with Gasteiger partial charge >= 0.3 is 0 Å². The number of nitrogen functional groups attached to an aromatic ring is 1. The van der Waals surface area contributed by atoms with Crippen LogP contribution in [0, 0.1) is 11.6 Å². The van der Waals surface area contributed by atoms with Crippen LogP contribution in [0.3, 0.4) is 0 Å². The molecule has 0 saturated carbocycles. The second-order valence-corrected chi connectivity index (χ2v) is 8.68. The molecule has 7 nitrogen and oxygen atoms in total. The predicted octanol–water partition coefficient (Wildman–Crippen LogP) is 4.89. The summed E-state index contributed by atoms with van der Waals surface area (Å²) in [5, 5.41) is 8.50. The molecule has 5 rings (SSSR count). The third kappa shape index (κ3) is 4.28. The normalized spacial score (nSPS) is 14.6. The zero-order chi connectivity index (χ0) is 23.7. The van der Waals surface area contributed by atoms with Crippen LogP contribution in [-0.2, 0) is 0 Å². The molecule has 2 aromatic heterocycles. The van der Waals surface area contributed by atoms with E-state index in [2.05, 4.69) is 25.3 Å². The van der Waals surface area contributed by atoms with Crippen molar-refractivity contribution in [3.8, 4) is 16.9 Å². The number of halogens is 3. The van der Waals surface area contributed by atoms with Crippen molar-refractivity contribution in [3.63, 3.8) is 0 Å². The highest BCUT2D eigenvalue weighted by Crippen LogP contribution is 2.35. The molecule has 0 spiro atoms. The molecular weight excluding hydrogens is 460 g/mol. The number of nitrogens with zero attached hydrogens (tertiary/aromatic N) is 5. The quantitative estimate of drug-likeness (QED) is 0.406. The van der Waals surface area contributed by atoms with Gasteiger partial charge in [0.1, 0.15) is 5.82 Å². The summed E-state index contributed by atoms with van der Waals surface area (Å²) >= 11 is 6.36. The third-order valence-corrected chi connectivity index (χ3v) is 6.34. The lowest BCUT2D eigenvalue weighted by Gasteiger charge is -2.26. The van der Waals surface area contributed by atoms with Gasteiger partial charge in [-0.1, -0.05) is 36.2 Å². The Labute approximate surface area is 200 Å². The highest BCUT2D eigenvalue weighted by molar-refractivity contribution is 6.32. The molecule has 0 radical (unpaired) electrons. The molecule has 0 bridgehead atoms. The lowest BCUT2D eigenvalue weighted by Crippen LogP contribution is -2.33. The minimum absolute atomic E-state index is 0.0168. The third-order valence-electron chi connectivity index (χ3n) is 6.02. The molecule has 1 saturated heterocycles. The Kier molecular flexibility index (Phi) is 6.30. The topological polar surface area (TPSA) is 84.9 Å². The SMILES string of the molecule is Nc1c2c(-c3cccc(F)c3F)nc(NCCN3CCCCC3)nc2nn1-c1ccccc1Cl. The average Bonchev–Trinajstić information content (AvgIpc) is 3.17. The molecule has 3 heterocycles. The number of para-hydroxylation sites is 1. The van der Waals surface area contributed by atoms with E-state index < -0.39 is 11.6 Å². The first kappa shape index (κ1) is 22.5. The fourth-order valence-corrected chi connectivity index (χ4v) is 4.50. The van der Waals surface area contributed by atoms with Gasteiger partial charge in [-0.05, 0) is 50.2 Å². The number of benzene rings is 2. The van der Waals surface area contributed by atoms with E-state index in [1.807, 2.05) is 0 Å². The van der Waals surface area contributed by atoms with E-state index >= 15 is 0 Å². The van der Waals surface area contributed by atoms with Crippen molar-refractivity contribution in [3.05, 3.63) is 59.1 Å². The highest BCUT2D eigenvalue weighted by atomic mass is 35.5. The van der Waals surface area contributed by atoms with E-state index in [0.717, 1.165) is 25.7 Å². The summed E-state index contributed by atoms with van der Waals surface area (Å²) in [7, 11) is 0. The van der Waals surface area contributed by atoms with Gasteiger partial charge in [0, 0.05) is 18.7 Å². The summed E-state index contributed by atoms with van der Waals surface area (Å²) in [6.07, 6.45) is 3.66. The van der Waals surface area contributed by atoms with Crippen molar-refractivity contribution in [1.29, 1.82) is 0 Å². The standard InChI is InChI=1S/C24H24ClF2N7/c25-16-8-2-3-10-18(16)34-22(28)19-21(15-7-6-9-17(26)20(15)27)30-24(31-23(19)32-34)29-11-14-33-12-4-1-5-13-33/h2-3,6-10H,1,4-5,11-14,28H2,(H,29,31,32). The van der Waals surface area contributed by atoms with Crippen LogP contribution >= 0.6 is 11.6 Å². The van der Waals surface area contributed by atoms with Crippen LogP contribution in [0.5, 0.6) is 0 Å². The van der Waals surface area contributed by atoms with E-state index in [0.29, 0.717) is 22.6 Å². The van der Waals surface area contributed by atoms with E-state index in [1.165, 1.54) is 36.1 Å². The van der Waals surface area contributed by atoms with E-state index in [1.54, 1.807) is 24.3 Å². The van der Waals surface area contributed by atoms with Crippen molar-refractivity contribution in [2.45, 2.75) is 19.3 Å². The van der Waals surface area contributed by atoms with E-state index in [4.69, 9.17) is 17.3 Å². The van der Waals surface area contributed by atoms with Gasteiger partial charge in [-0.3, -0.25) is 0 Å². The number of nitrogens with one attached hydrogen (secondary N) is 1. The second-order valence-electron chi connectivity index (χ2n) is 8.27. The molecule has 1 aliphatic heterocycles. The number of nitrogens with two attached hydrogens (primary N) is 1. The molecule has 4 aromatic rings. The Bertz CT molecular complexity index is 1330. The van der Waals surface area contributed by atoms with Crippen LogP contribution < -0.4 is 11.1 Å². The molecule has 0 atom stereocenters. The number of hydrogen-bond acceptors (Lipinski definition) is 6. The first-order valence-electron chi connectivity index (χ1n) is 11.2. The molecule has 0 amide bonds. The van der Waals surface area contributed by atoms with Crippen LogP contribution in [0.15, 0.2) is 42.5 Å². The van der Waals surface area contributed by atoms with Crippen LogP contribution in [0.4, 0.5) is 20.5 Å². The zero-order valence-electron chi connectivity index (χ0n) is 18.4. The molecular formula is C24H24ClF2N7. The fraction of sp³-hybridized carbons (Fsp3) is 0.292. The number of anilines is 2. The van der Waals surface area contributed by atoms with E-state index in [9.17, 15) is 8.78 Å². The molecule has 3 N–H and O–H groups in total. The Morgan fingerprint density at radius 1 is 1.00 bits per heavy atom. The van der Waals surface area contributed by atoms with Crippen molar-refractivity contribution in [2.24, 2.45) is 0 Å². The number of piperidine rings is 1. The van der Waals surface area contributed by atoms with Gasteiger partial charge in [0.15, 0.2) is 17.3 Å². The van der Waals surface area contributed by atoms with Gasteiger partial charge in [0.2, 0.25) is 5.95 Å². The van der Waals surface area contributed by atoms with Gasteiger partial charge < -0.3 is 16.0 Å². The van der Waals surface area contributed by atoms with Gasteiger partial charge in [-0.2, -0.15) is 4.98 Å². The monoisotopic (exact) mass is 483 g/mol. The maximum atomic E-state index is 14.8. The number of hydrogen-bond donors (Lipinski definition) is 2. The molecule has 1 aliphatic rings. The number of fused-ring (bicyclic) bond motifs is 1. The predicted molar refractivity (Wildman–Crippen MR) is 130 cm³/mol. The summed E-state index contributed by atoms with van der Waals surface area (Å²) in [4.78, 5) is 11.4.